The zero-order valence-electron chi connectivity index (χ0n) is 21.6. The van der Waals surface area contributed by atoms with Crippen LogP contribution in [0.5, 0.6) is 0 Å². The highest BCUT2D eigenvalue weighted by Gasteiger charge is 2.00. The molecule has 0 aromatic heterocycles. The van der Waals surface area contributed by atoms with E-state index in [1.807, 2.05) is 6.92 Å². The summed E-state index contributed by atoms with van der Waals surface area (Å²) in [5, 5.41) is 3.07. The van der Waals surface area contributed by atoms with Crippen molar-refractivity contribution in [1.82, 2.24) is 0 Å². The predicted molar refractivity (Wildman–Crippen MR) is 141 cm³/mol. The third kappa shape index (κ3) is 20.0. The Kier molecular flexibility index (Phi) is 18.0. The molecule has 0 bridgehead atoms. The summed E-state index contributed by atoms with van der Waals surface area (Å²) < 4.78 is 0. The van der Waals surface area contributed by atoms with Crippen LogP contribution in [0, 0.1) is 4.91 Å². The summed E-state index contributed by atoms with van der Waals surface area (Å²) >= 11 is 0. The van der Waals surface area contributed by atoms with Gasteiger partial charge in [-0.15, -0.1) is 0 Å². The van der Waals surface area contributed by atoms with Crippen LogP contribution >= 0.6 is 0 Å². The molecule has 0 aliphatic heterocycles. The van der Waals surface area contributed by atoms with E-state index < -0.39 is 0 Å². The fourth-order valence-electron chi connectivity index (χ4n) is 3.48. The highest BCUT2D eigenvalue weighted by Crippen LogP contribution is 2.15. The monoisotopic (exact) mass is 427 g/mol. The molecule has 0 N–H and O–H groups in total. The zero-order valence-corrected chi connectivity index (χ0v) is 21.6. The topological polar surface area (TPSA) is 29.4 Å². The molecule has 2 heteroatoms. The van der Waals surface area contributed by atoms with E-state index in [4.69, 9.17) is 0 Å². The van der Waals surface area contributed by atoms with Crippen LogP contribution in [0.4, 0.5) is 0 Å². The van der Waals surface area contributed by atoms with Gasteiger partial charge in [-0.1, -0.05) is 63.4 Å². The van der Waals surface area contributed by atoms with E-state index in [1.54, 1.807) is 0 Å². The minimum Gasteiger partial charge on any atom is -0.151 e. The van der Waals surface area contributed by atoms with Crippen LogP contribution in [0.2, 0.25) is 0 Å². The summed E-state index contributed by atoms with van der Waals surface area (Å²) in [6.45, 7) is 15.2. The Morgan fingerprint density at radius 2 is 1.00 bits per heavy atom. The molecule has 0 heterocycles. The minimum absolute atomic E-state index is 0.0474. The van der Waals surface area contributed by atoms with Gasteiger partial charge in [-0.25, -0.2) is 0 Å². The van der Waals surface area contributed by atoms with Gasteiger partial charge in [-0.2, -0.15) is 4.91 Å². The summed E-state index contributed by atoms with van der Waals surface area (Å²) in [6, 6.07) is -0.0474. The zero-order chi connectivity index (χ0) is 23.5. The van der Waals surface area contributed by atoms with Gasteiger partial charge >= 0.3 is 0 Å². The number of unbranched alkanes of at least 4 members (excludes halogenated alkanes) is 1. The minimum atomic E-state index is -0.0474. The smallest absolute Gasteiger partial charge is 0.0891 e. The van der Waals surface area contributed by atoms with Gasteiger partial charge in [0.1, 0.15) is 0 Å². The molecule has 0 aliphatic rings. The van der Waals surface area contributed by atoms with Crippen molar-refractivity contribution >= 4 is 0 Å². The fourth-order valence-corrected chi connectivity index (χ4v) is 3.48. The van der Waals surface area contributed by atoms with Crippen LogP contribution in [0.1, 0.15) is 119 Å². The van der Waals surface area contributed by atoms with Crippen molar-refractivity contribution < 1.29 is 0 Å². The van der Waals surface area contributed by atoms with Crippen LogP contribution in [0.15, 0.2) is 63.4 Å². The molecule has 176 valence electrons. The Balaban J connectivity index is 4.03. The van der Waals surface area contributed by atoms with Crippen LogP contribution in [0.3, 0.4) is 0 Å². The van der Waals surface area contributed by atoms with Crippen molar-refractivity contribution in [2.45, 2.75) is 125 Å². The third-order valence-corrected chi connectivity index (χ3v) is 5.68. The number of hydrogen-bond donors (Lipinski definition) is 0. The first kappa shape index (κ1) is 29.3. The Bertz CT molecular complexity index is 642. The van der Waals surface area contributed by atoms with Gasteiger partial charge in [-0.05, 0) is 119 Å². The molecule has 0 saturated carbocycles. The van der Waals surface area contributed by atoms with Crippen molar-refractivity contribution in [3.8, 4) is 0 Å². The molecule has 0 fully saturated rings. The first-order chi connectivity index (χ1) is 14.7. The average Bonchev–Trinajstić information content (AvgIpc) is 2.70. The van der Waals surface area contributed by atoms with Gasteiger partial charge in [0.2, 0.25) is 0 Å². The molecule has 1 atom stereocenters. The quantitative estimate of drug-likeness (QED) is 0.129. The lowest BCUT2D eigenvalue weighted by Crippen LogP contribution is -1.95. The third-order valence-electron chi connectivity index (χ3n) is 5.68. The maximum Gasteiger partial charge on any atom is 0.0891 e. The largest absolute Gasteiger partial charge is 0.151 e. The van der Waals surface area contributed by atoms with E-state index in [-0.39, 0.29) is 6.04 Å². The second-order valence-electron chi connectivity index (χ2n) is 9.52. The van der Waals surface area contributed by atoms with Gasteiger partial charge in [0.15, 0.2) is 0 Å². The van der Waals surface area contributed by atoms with E-state index in [2.05, 4.69) is 77.1 Å². The molecular weight excluding hydrogens is 378 g/mol. The molecule has 0 aromatic carbocycles. The first-order valence-corrected chi connectivity index (χ1v) is 12.3. The first-order valence-electron chi connectivity index (χ1n) is 12.3. The normalized spacial score (nSPS) is 14.5. The maximum absolute atomic E-state index is 10.4. The second kappa shape index (κ2) is 19.0. The van der Waals surface area contributed by atoms with Crippen LogP contribution in [0.25, 0.3) is 0 Å². The summed E-state index contributed by atoms with van der Waals surface area (Å²) in [4.78, 5) is 10.4. The number of nitrogens with zero attached hydrogens (tertiary/aromatic N) is 1. The Morgan fingerprint density at radius 1 is 0.613 bits per heavy atom. The van der Waals surface area contributed by atoms with Crippen molar-refractivity contribution in [3.63, 3.8) is 0 Å². The molecular formula is C29H49NO. The van der Waals surface area contributed by atoms with Gasteiger partial charge in [0.25, 0.3) is 0 Å². The fraction of sp³-hybridized carbons (Fsp3) is 0.655. The number of nitroso groups, excluding NO2 is 1. The van der Waals surface area contributed by atoms with Gasteiger partial charge in [-0.3, -0.25) is 0 Å². The van der Waals surface area contributed by atoms with E-state index in [0.29, 0.717) is 0 Å². The molecule has 0 aliphatic carbocycles. The summed E-state index contributed by atoms with van der Waals surface area (Å²) in [5.74, 6) is 0. The van der Waals surface area contributed by atoms with E-state index in [0.717, 1.165) is 51.4 Å². The lowest BCUT2D eigenvalue weighted by molar-refractivity contribution is 0.620. The Labute approximate surface area is 193 Å². The van der Waals surface area contributed by atoms with E-state index in [1.165, 1.54) is 47.1 Å². The molecule has 0 amide bonds. The van der Waals surface area contributed by atoms with Crippen LogP contribution < -0.4 is 0 Å². The average molecular weight is 428 g/mol. The molecule has 0 aromatic rings. The lowest BCUT2D eigenvalue weighted by atomic mass is 10.0. The Morgan fingerprint density at radius 3 is 1.42 bits per heavy atom. The summed E-state index contributed by atoms with van der Waals surface area (Å²) in [6.07, 6.45) is 24.2. The second-order valence-corrected chi connectivity index (χ2v) is 9.52. The molecule has 0 saturated heterocycles. The molecule has 0 rings (SSSR count). The van der Waals surface area contributed by atoms with Gasteiger partial charge in [0, 0.05) is 0 Å². The van der Waals surface area contributed by atoms with E-state index in [9.17, 15) is 4.91 Å². The van der Waals surface area contributed by atoms with Crippen molar-refractivity contribution in [2.75, 3.05) is 0 Å². The van der Waals surface area contributed by atoms with Gasteiger partial charge in [0.05, 0.1) is 6.04 Å². The maximum atomic E-state index is 10.4. The molecule has 31 heavy (non-hydrogen) atoms. The van der Waals surface area contributed by atoms with Crippen LogP contribution in [-0.4, -0.2) is 6.04 Å². The van der Waals surface area contributed by atoms with Crippen molar-refractivity contribution in [3.05, 3.63) is 63.2 Å². The Hall–Kier alpha value is -1.70. The summed E-state index contributed by atoms with van der Waals surface area (Å²) in [7, 11) is 0. The standard InChI is InChI=1S/C29H49NO/c1-24(2)14-10-17-27(5)20-11-18-25(3)15-8-9-16-26(4)19-12-21-28(6)22-13-23-29(7)30-31/h14-16,20-21,29H,8-13,17-19,22-23H2,1-7H3. The van der Waals surface area contributed by atoms with Gasteiger partial charge < -0.3 is 0 Å². The van der Waals surface area contributed by atoms with Crippen molar-refractivity contribution in [2.24, 2.45) is 5.18 Å². The molecule has 2 nitrogen and oxygen atoms in total. The number of hydrogen-bond acceptors (Lipinski definition) is 2. The highest BCUT2D eigenvalue weighted by molar-refractivity contribution is 5.07. The number of allylic oxidation sites excluding steroid dienone is 10. The van der Waals surface area contributed by atoms with E-state index >= 15 is 0 Å². The van der Waals surface area contributed by atoms with Crippen molar-refractivity contribution in [1.29, 1.82) is 0 Å². The highest BCUT2D eigenvalue weighted by atomic mass is 16.3. The lowest BCUT2D eigenvalue weighted by Gasteiger charge is -2.04. The number of rotatable bonds is 17. The van der Waals surface area contributed by atoms with Crippen LogP contribution in [-0.2, 0) is 0 Å². The molecule has 1 unspecified atom stereocenters. The molecule has 0 spiro atoms. The molecule has 0 radical (unpaired) electrons. The SMILES string of the molecule is CC(C)=CCCC(C)=CCCC(C)=CCCC=C(C)CCC=C(C)CCCC(C)N=O. The summed E-state index contributed by atoms with van der Waals surface area (Å²) in [5.41, 5.74) is 7.37. The predicted octanol–water partition coefficient (Wildman–Crippen LogP) is 10.2.